The van der Waals surface area contributed by atoms with Crippen LogP contribution < -0.4 is 5.32 Å². The summed E-state index contributed by atoms with van der Waals surface area (Å²) in [4.78, 5) is 36.5. The molecule has 1 aliphatic rings. The van der Waals surface area contributed by atoms with Crippen LogP contribution >= 0.6 is 0 Å². The topological polar surface area (TPSA) is 66.5 Å². The molecule has 0 aromatic heterocycles. The summed E-state index contributed by atoms with van der Waals surface area (Å²) in [6.07, 6.45) is 0. The number of rotatable bonds is 1. The maximum absolute atomic E-state index is 13.1. The Morgan fingerprint density at radius 3 is 2.68 bits per heavy atom. The van der Waals surface area contributed by atoms with Crippen molar-refractivity contribution >= 4 is 17.7 Å². The zero-order valence-corrected chi connectivity index (χ0v) is 10.6. The second kappa shape index (κ2) is 4.46. The van der Waals surface area contributed by atoms with Crippen LogP contribution in [0.15, 0.2) is 24.3 Å². The quantitative estimate of drug-likeness (QED) is 0.759. The molecule has 1 aliphatic heterocycles. The number of halogens is 1. The Hall–Kier alpha value is -2.24. The number of piperazine rings is 1. The van der Waals surface area contributed by atoms with Gasteiger partial charge in [0, 0.05) is 5.56 Å². The second-order valence-corrected chi connectivity index (χ2v) is 4.84. The van der Waals surface area contributed by atoms with Gasteiger partial charge >= 0.3 is 0 Å². The third-order valence-corrected chi connectivity index (χ3v) is 3.10. The molecule has 3 amide bonds. The maximum atomic E-state index is 13.1. The number of hydrogen-bond acceptors (Lipinski definition) is 3. The fraction of sp³-hybridized carbons (Fsp3) is 0.308. The second-order valence-electron chi connectivity index (χ2n) is 4.84. The van der Waals surface area contributed by atoms with Crippen molar-refractivity contribution in [2.24, 2.45) is 0 Å². The first-order chi connectivity index (χ1) is 8.82. The van der Waals surface area contributed by atoms with Crippen LogP contribution in [0.2, 0.25) is 0 Å². The molecule has 1 aromatic carbocycles. The first-order valence-corrected chi connectivity index (χ1v) is 5.74. The molecule has 0 saturated carbocycles. The molecule has 100 valence electrons. The summed E-state index contributed by atoms with van der Waals surface area (Å²) in [5.74, 6) is -2.19. The van der Waals surface area contributed by atoms with E-state index in [1.165, 1.54) is 32.0 Å². The molecule has 1 aromatic rings. The van der Waals surface area contributed by atoms with Crippen molar-refractivity contribution in [1.82, 2.24) is 10.2 Å². The number of carbonyl (C=O) groups is 3. The maximum Gasteiger partial charge on any atom is 0.255 e. The highest BCUT2D eigenvalue weighted by Crippen LogP contribution is 2.21. The van der Waals surface area contributed by atoms with Gasteiger partial charge in [0.2, 0.25) is 5.91 Å². The largest absolute Gasteiger partial charge is 0.315 e. The van der Waals surface area contributed by atoms with Crippen LogP contribution in [-0.4, -0.2) is 34.7 Å². The standard InChI is InChI=1S/C13H13FN2O3/c1-13(2)12(19)15-10(17)7-16(13)11(18)8-4-3-5-9(14)6-8/h3-6H,7H2,1-2H3,(H,15,17,19). The van der Waals surface area contributed by atoms with Gasteiger partial charge in [-0.05, 0) is 32.0 Å². The fourth-order valence-electron chi connectivity index (χ4n) is 1.89. The molecule has 19 heavy (non-hydrogen) atoms. The first-order valence-electron chi connectivity index (χ1n) is 5.74. The molecule has 0 unspecified atom stereocenters. The van der Waals surface area contributed by atoms with Crippen LogP contribution in [0.1, 0.15) is 24.2 Å². The van der Waals surface area contributed by atoms with E-state index in [2.05, 4.69) is 5.32 Å². The Morgan fingerprint density at radius 2 is 2.05 bits per heavy atom. The minimum absolute atomic E-state index is 0.107. The Morgan fingerprint density at radius 1 is 1.37 bits per heavy atom. The fourth-order valence-corrected chi connectivity index (χ4v) is 1.89. The lowest BCUT2D eigenvalue weighted by molar-refractivity contribution is -0.143. The lowest BCUT2D eigenvalue weighted by Crippen LogP contribution is -2.65. The third kappa shape index (κ3) is 2.33. The van der Waals surface area contributed by atoms with Gasteiger partial charge in [0.05, 0.1) is 0 Å². The Bertz CT molecular complexity index is 569. The highest BCUT2D eigenvalue weighted by Gasteiger charge is 2.43. The van der Waals surface area contributed by atoms with E-state index in [0.29, 0.717) is 0 Å². The summed E-state index contributed by atoms with van der Waals surface area (Å²) in [5, 5.41) is 2.17. The zero-order chi connectivity index (χ0) is 14.2. The molecule has 5 nitrogen and oxygen atoms in total. The van der Waals surface area contributed by atoms with E-state index in [1.54, 1.807) is 0 Å². The van der Waals surface area contributed by atoms with Gasteiger partial charge in [0.1, 0.15) is 17.9 Å². The van der Waals surface area contributed by atoms with Crippen molar-refractivity contribution in [3.8, 4) is 0 Å². The number of nitrogens with one attached hydrogen (secondary N) is 1. The summed E-state index contributed by atoms with van der Waals surface area (Å²) in [6.45, 7) is 2.84. The molecular formula is C13H13FN2O3. The van der Waals surface area contributed by atoms with Gasteiger partial charge in [-0.3, -0.25) is 19.7 Å². The molecule has 1 fully saturated rings. The molecule has 0 atom stereocenters. The number of imide groups is 1. The van der Waals surface area contributed by atoms with Crippen LogP contribution in [0.5, 0.6) is 0 Å². The van der Waals surface area contributed by atoms with Gasteiger partial charge in [0.15, 0.2) is 0 Å². The van der Waals surface area contributed by atoms with Crippen LogP contribution in [0.25, 0.3) is 0 Å². The SMILES string of the molecule is CC1(C)C(=O)NC(=O)CN1C(=O)c1cccc(F)c1. The average Bonchev–Trinajstić information content (AvgIpc) is 2.33. The molecule has 0 aliphatic carbocycles. The van der Waals surface area contributed by atoms with E-state index in [-0.39, 0.29) is 12.1 Å². The van der Waals surface area contributed by atoms with Crippen molar-refractivity contribution in [3.63, 3.8) is 0 Å². The molecule has 0 bridgehead atoms. The number of carbonyl (C=O) groups excluding carboxylic acids is 3. The van der Waals surface area contributed by atoms with Gasteiger partial charge in [-0.2, -0.15) is 0 Å². The predicted molar refractivity (Wildman–Crippen MR) is 64.7 cm³/mol. The summed E-state index contributed by atoms with van der Waals surface area (Å²) in [6, 6.07) is 5.14. The van der Waals surface area contributed by atoms with E-state index in [9.17, 15) is 18.8 Å². The molecule has 1 heterocycles. The van der Waals surface area contributed by atoms with Gasteiger partial charge in [-0.1, -0.05) is 6.07 Å². The minimum atomic E-state index is -1.16. The first kappa shape index (κ1) is 13.2. The van der Waals surface area contributed by atoms with Crippen molar-refractivity contribution in [3.05, 3.63) is 35.6 Å². The number of benzene rings is 1. The van der Waals surface area contributed by atoms with Crippen LogP contribution in [0.3, 0.4) is 0 Å². The molecule has 0 spiro atoms. The predicted octanol–water partition coefficient (Wildman–Crippen LogP) is 0.703. The van der Waals surface area contributed by atoms with E-state index >= 15 is 0 Å². The molecule has 1 saturated heterocycles. The summed E-state index contributed by atoms with van der Waals surface area (Å²) < 4.78 is 13.1. The summed E-state index contributed by atoms with van der Waals surface area (Å²) in [7, 11) is 0. The Labute approximate surface area is 109 Å². The van der Waals surface area contributed by atoms with Crippen molar-refractivity contribution in [2.75, 3.05) is 6.54 Å². The summed E-state index contributed by atoms with van der Waals surface area (Å²) in [5.41, 5.74) is -1.05. The number of nitrogens with zero attached hydrogens (tertiary/aromatic N) is 1. The number of amides is 3. The van der Waals surface area contributed by atoms with Crippen molar-refractivity contribution in [1.29, 1.82) is 0 Å². The molecular weight excluding hydrogens is 251 g/mol. The van der Waals surface area contributed by atoms with Gasteiger partial charge in [0.25, 0.3) is 11.8 Å². The summed E-state index contributed by atoms with van der Waals surface area (Å²) >= 11 is 0. The highest BCUT2D eigenvalue weighted by atomic mass is 19.1. The normalized spacial score (nSPS) is 18.2. The van der Waals surface area contributed by atoms with Gasteiger partial charge < -0.3 is 4.90 Å². The van der Waals surface area contributed by atoms with E-state index in [1.807, 2.05) is 0 Å². The Kier molecular flexibility index (Phi) is 3.09. The lowest BCUT2D eigenvalue weighted by atomic mass is 9.97. The monoisotopic (exact) mass is 264 g/mol. The zero-order valence-electron chi connectivity index (χ0n) is 10.6. The average molecular weight is 264 g/mol. The lowest BCUT2D eigenvalue weighted by Gasteiger charge is -2.40. The van der Waals surface area contributed by atoms with Crippen molar-refractivity contribution < 1.29 is 18.8 Å². The van der Waals surface area contributed by atoms with Crippen LogP contribution in [0, 0.1) is 5.82 Å². The van der Waals surface area contributed by atoms with Crippen molar-refractivity contribution in [2.45, 2.75) is 19.4 Å². The van der Waals surface area contributed by atoms with E-state index in [0.717, 1.165) is 11.0 Å². The number of hydrogen-bond donors (Lipinski definition) is 1. The van der Waals surface area contributed by atoms with Gasteiger partial charge in [-0.25, -0.2) is 4.39 Å². The molecule has 1 N–H and O–H groups in total. The van der Waals surface area contributed by atoms with Gasteiger partial charge in [-0.15, -0.1) is 0 Å². The minimum Gasteiger partial charge on any atom is -0.315 e. The van der Waals surface area contributed by atoms with E-state index < -0.39 is 29.1 Å². The smallest absolute Gasteiger partial charge is 0.255 e. The third-order valence-electron chi connectivity index (χ3n) is 3.10. The molecule has 2 rings (SSSR count). The highest BCUT2D eigenvalue weighted by molar-refractivity contribution is 6.08. The van der Waals surface area contributed by atoms with E-state index in [4.69, 9.17) is 0 Å². The Balaban J connectivity index is 2.36. The van der Waals surface area contributed by atoms with Crippen LogP contribution in [-0.2, 0) is 9.59 Å². The van der Waals surface area contributed by atoms with Crippen LogP contribution in [0.4, 0.5) is 4.39 Å². The molecule has 6 heteroatoms. The molecule has 0 radical (unpaired) electrons.